The van der Waals surface area contributed by atoms with Gasteiger partial charge in [0.1, 0.15) is 0 Å². The summed E-state index contributed by atoms with van der Waals surface area (Å²) in [5.41, 5.74) is 1.66. The molecule has 0 unspecified atom stereocenters. The highest BCUT2D eigenvalue weighted by Gasteiger charge is 2.57. The first-order valence-corrected chi connectivity index (χ1v) is 6.14. The molecule has 4 heteroatoms. The van der Waals surface area contributed by atoms with Gasteiger partial charge in [-0.25, -0.2) is 0 Å². The van der Waals surface area contributed by atoms with Crippen molar-refractivity contribution in [1.29, 1.82) is 0 Å². The first kappa shape index (κ1) is 13.2. The minimum Gasteiger partial charge on any atom is -0.396 e. The molecule has 2 bridgehead atoms. The molecule has 0 radical (unpaired) electrons. The van der Waals surface area contributed by atoms with Crippen LogP contribution in [0, 0.1) is 5.41 Å². The number of fused-ring (bicyclic) bond motifs is 2. The van der Waals surface area contributed by atoms with Crippen molar-refractivity contribution in [2.75, 3.05) is 19.7 Å². The van der Waals surface area contributed by atoms with E-state index in [9.17, 15) is 5.11 Å². The van der Waals surface area contributed by atoms with Gasteiger partial charge in [-0.3, -0.25) is 0 Å². The molecule has 0 amide bonds. The molecular formula is C13H17Cl2NO. The van der Waals surface area contributed by atoms with E-state index >= 15 is 0 Å². The van der Waals surface area contributed by atoms with Crippen LogP contribution in [-0.4, -0.2) is 24.8 Å². The summed E-state index contributed by atoms with van der Waals surface area (Å²) in [6.07, 6.45) is 2.17. The largest absolute Gasteiger partial charge is 0.396 e. The molecule has 1 saturated carbocycles. The summed E-state index contributed by atoms with van der Waals surface area (Å²) in [4.78, 5) is 0. The highest BCUT2D eigenvalue weighted by Crippen LogP contribution is 2.57. The Hall–Kier alpha value is -0.280. The van der Waals surface area contributed by atoms with Crippen molar-refractivity contribution in [3.63, 3.8) is 0 Å². The van der Waals surface area contributed by atoms with Gasteiger partial charge in [-0.1, -0.05) is 23.7 Å². The molecule has 4 rings (SSSR count). The van der Waals surface area contributed by atoms with Gasteiger partial charge < -0.3 is 10.4 Å². The summed E-state index contributed by atoms with van der Waals surface area (Å²) in [6.45, 7) is 2.25. The molecule has 1 aromatic carbocycles. The summed E-state index contributed by atoms with van der Waals surface area (Å²) in [7, 11) is 0. The quantitative estimate of drug-likeness (QED) is 0.867. The van der Waals surface area contributed by atoms with E-state index < -0.39 is 0 Å². The molecule has 3 fully saturated rings. The van der Waals surface area contributed by atoms with Gasteiger partial charge in [0.05, 0.1) is 0 Å². The zero-order chi connectivity index (χ0) is 11.2. The molecule has 2 N–H and O–H groups in total. The van der Waals surface area contributed by atoms with Crippen LogP contribution in [-0.2, 0) is 5.41 Å². The first-order valence-electron chi connectivity index (χ1n) is 5.76. The highest BCUT2D eigenvalue weighted by molar-refractivity contribution is 6.30. The molecule has 94 valence electrons. The van der Waals surface area contributed by atoms with Crippen molar-refractivity contribution in [3.8, 4) is 0 Å². The fourth-order valence-electron chi connectivity index (χ4n) is 3.49. The Kier molecular flexibility index (Phi) is 3.43. The average molecular weight is 274 g/mol. The number of aliphatic hydroxyl groups is 1. The fourth-order valence-corrected chi connectivity index (χ4v) is 3.68. The minimum absolute atomic E-state index is 0. The molecule has 1 aromatic rings. The van der Waals surface area contributed by atoms with Crippen molar-refractivity contribution < 1.29 is 5.11 Å². The Morgan fingerprint density at radius 2 is 2.06 bits per heavy atom. The van der Waals surface area contributed by atoms with Crippen LogP contribution in [0.4, 0.5) is 0 Å². The predicted molar refractivity (Wildman–Crippen MR) is 72.0 cm³/mol. The second kappa shape index (κ2) is 4.43. The maximum atomic E-state index is 9.44. The molecule has 2 aliphatic heterocycles. The molecule has 3 aliphatic rings. The van der Waals surface area contributed by atoms with E-state index in [4.69, 9.17) is 11.6 Å². The zero-order valence-electron chi connectivity index (χ0n) is 9.58. The van der Waals surface area contributed by atoms with Crippen molar-refractivity contribution in [2.45, 2.75) is 18.3 Å². The lowest BCUT2D eigenvalue weighted by Crippen LogP contribution is -2.65. The van der Waals surface area contributed by atoms with Crippen molar-refractivity contribution >= 4 is 24.0 Å². The Morgan fingerprint density at radius 3 is 2.71 bits per heavy atom. The molecule has 2 heterocycles. The van der Waals surface area contributed by atoms with Crippen LogP contribution in [0.5, 0.6) is 0 Å². The van der Waals surface area contributed by atoms with E-state index in [1.54, 1.807) is 0 Å². The van der Waals surface area contributed by atoms with E-state index in [-0.39, 0.29) is 23.2 Å². The minimum atomic E-state index is 0. The maximum absolute atomic E-state index is 9.44. The molecular weight excluding hydrogens is 257 g/mol. The van der Waals surface area contributed by atoms with Crippen LogP contribution in [0.15, 0.2) is 24.3 Å². The predicted octanol–water partition coefficient (Wildman–Crippen LogP) is 2.38. The number of halogens is 2. The Labute approximate surface area is 113 Å². The third-order valence-electron chi connectivity index (χ3n) is 4.16. The van der Waals surface area contributed by atoms with E-state index in [1.165, 1.54) is 5.56 Å². The van der Waals surface area contributed by atoms with Crippen LogP contribution in [0.25, 0.3) is 0 Å². The number of hydrogen-bond donors (Lipinski definition) is 2. The van der Waals surface area contributed by atoms with Gasteiger partial charge in [0, 0.05) is 35.5 Å². The molecule has 0 aromatic heterocycles. The van der Waals surface area contributed by atoms with Crippen LogP contribution < -0.4 is 5.32 Å². The SMILES string of the molecule is Cl.OCC12CNCC(c3cccc(Cl)c3)(C1)C2. The molecule has 2 nitrogen and oxygen atoms in total. The van der Waals surface area contributed by atoms with Crippen molar-refractivity contribution in [3.05, 3.63) is 34.9 Å². The molecule has 1 aliphatic carbocycles. The van der Waals surface area contributed by atoms with Crippen molar-refractivity contribution in [1.82, 2.24) is 5.32 Å². The number of benzene rings is 1. The summed E-state index contributed by atoms with van der Waals surface area (Å²) in [5.74, 6) is 0. The normalized spacial score (nSPS) is 34.7. The van der Waals surface area contributed by atoms with Gasteiger partial charge in [-0.05, 0) is 30.5 Å². The number of aliphatic hydroxyl groups excluding tert-OH is 1. The summed E-state index contributed by atoms with van der Waals surface area (Å²) >= 11 is 6.04. The molecule has 17 heavy (non-hydrogen) atoms. The number of hydrogen-bond acceptors (Lipinski definition) is 2. The van der Waals surface area contributed by atoms with E-state index in [2.05, 4.69) is 17.4 Å². The van der Waals surface area contributed by atoms with Crippen LogP contribution in [0.1, 0.15) is 18.4 Å². The average Bonchev–Trinajstić information content (AvgIpc) is 2.28. The van der Waals surface area contributed by atoms with E-state index in [0.717, 1.165) is 31.0 Å². The summed E-state index contributed by atoms with van der Waals surface area (Å²) in [6, 6.07) is 8.14. The van der Waals surface area contributed by atoms with Gasteiger partial charge in [0.25, 0.3) is 0 Å². The van der Waals surface area contributed by atoms with Crippen molar-refractivity contribution in [2.24, 2.45) is 5.41 Å². The zero-order valence-corrected chi connectivity index (χ0v) is 11.2. The first-order chi connectivity index (χ1) is 7.68. The molecule has 2 saturated heterocycles. The number of nitrogens with one attached hydrogen (secondary N) is 1. The van der Waals surface area contributed by atoms with Crippen LogP contribution in [0.3, 0.4) is 0 Å². The topological polar surface area (TPSA) is 32.3 Å². The third kappa shape index (κ3) is 1.97. The number of rotatable bonds is 2. The third-order valence-corrected chi connectivity index (χ3v) is 4.40. The lowest BCUT2D eigenvalue weighted by atomic mass is 9.48. The Balaban J connectivity index is 0.00000108. The van der Waals surface area contributed by atoms with Crippen LogP contribution >= 0.6 is 24.0 Å². The van der Waals surface area contributed by atoms with Gasteiger partial charge in [-0.2, -0.15) is 0 Å². The van der Waals surface area contributed by atoms with Gasteiger partial charge in [0.15, 0.2) is 0 Å². The van der Waals surface area contributed by atoms with Gasteiger partial charge in [0.2, 0.25) is 0 Å². The number of piperidine rings is 2. The second-order valence-electron chi connectivity index (χ2n) is 5.41. The highest BCUT2D eigenvalue weighted by atomic mass is 35.5. The van der Waals surface area contributed by atoms with Gasteiger partial charge in [-0.15, -0.1) is 12.4 Å². The van der Waals surface area contributed by atoms with Gasteiger partial charge >= 0.3 is 0 Å². The van der Waals surface area contributed by atoms with E-state index in [0.29, 0.717) is 6.61 Å². The fraction of sp³-hybridized carbons (Fsp3) is 0.538. The summed E-state index contributed by atoms with van der Waals surface area (Å²) < 4.78 is 0. The monoisotopic (exact) mass is 273 g/mol. The Bertz CT molecular complexity index is 416. The molecule has 0 spiro atoms. The van der Waals surface area contributed by atoms with Crippen LogP contribution in [0.2, 0.25) is 5.02 Å². The standard InChI is InChI=1S/C13H16ClNO.ClH/c14-11-3-1-2-10(4-11)13-5-12(6-13,9-16)7-15-8-13;/h1-4,15-16H,5-9H2;1H. The lowest BCUT2D eigenvalue weighted by molar-refractivity contribution is -0.0582. The molecule has 0 atom stereocenters. The summed E-state index contributed by atoms with van der Waals surface area (Å²) in [5, 5.41) is 13.7. The van der Waals surface area contributed by atoms with E-state index in [1.807, 2.05) is 12.1 Å². The lowest BCUT2D eigenvalue weighted by Gasteiger charge is -2.60. The Morgan fingerprint density at radius 1 is 1.29 bits per heavy atom. The second-order valence-corrected chi connectivity index (χ2v) is 5.84. The smallest absolute Gasteiger partial charge is 0.0500 e. The maximum Gasteiger partial charge on any atom is 0.0500 e.